The normalized spacial score (nSPS) is 21.4. The van der Waals surface area contributed by atoms with Crippen molar-refractivity contribution in [3.63, 3.8) is 0 Å². The minimum absolute atomic E-state index is 0.0527. The molecule has 2 aliphatic heterocycles. The zero-order valence-electron chi connectivity index (χ0n) is 16.6. The van der Waals surface area contributed by atoms with Crippen LogP contribution in [0.3, 0.4) is 0 Å². The van der Waals surface area contributed by atoms with Crippen molar-refractivity contribution in [1.29, 1.82) is 0 Å². The Morgan fingerprint density at radius 1 is 1.17 bits per heavy atom. The maximum absolute atomic E-state index is 10.4. The highest BCUT2D eigenvalue weighted by Gasteiger charge is 2.28. The number of hydrogen-bond acceptors (Lipinski definition) is 5. The number of fused-ring (bicyclic) bond motifs is 3. The van der Waals surface area contributed by atoms with Crippen molar-refractivity contribution in [3.05, 3.63) is 76.1 Å². The molecule has 0 unspecified atom stereocenters. The fourth-order valence-electron chi connectivity index (χ4n) is 4.37. The van der Waals surface area contributed by atoms with Crippen molar-refractivity contribution >= 4 is 17.0 Å². The van der Waals surface area contributed by atoms with E-state index >= 15 is 0 Å². The number of nitrogens with zero attached hydrogens (tertiary/aromatic N) is 3. The summed E-state index contributed by atoms with van der Waals surface area (Å²) in [5.41, 5.74) is 3.50. The molecule has 5 rings (SSSR count). The Morgan fingerprint density at radius 2 is 2.03 bits per heavy atom. The first-order valence-corrected chi connectivity index (χ1v) is 10.2. The van der Waals surface area contributed by atoms with Gasteiger partial charge in [0, 0.05) is 35.3 Å². The first-order chi connectivity index (χ1) is 14.2. The summed E-state index contributed by atoms with van der Waals surface area (Å²) in [7, 11) is 0. The van der Waals surface area contributed by atoms with Crippen LogP contribution in [0.15, 0.2) is 53.7 Å². The van der Waals surface area contributed by atoms with E-state index in [9.17, 15) is 5.11 Å². The molecule has 0 bridgehead atoms. The topological polar surface area (TPSA) is 58.0 Å². The van der Waals surface area contributed by atoms with E-state index in [2.05, 4.69) is 58.5 Å². The standard InChI is InChI=1S/C24H25N3O2/c1-16-6-7-17(12-25-16)10-18-11-19-13-27(22-8-9-29-14-23(22)28)15-26-24(19)21-5-3-2-4-20(18)21/h2-7,11-13,22-23,28H,8-10,14-15H2,1H3/t22-,23-/m0/s1. The van der Waals surface area contributed by atoms with Gasteiger partial charge in [0.25, 0.3) is 0 Å². The number of hydrogen-bond donors (Lipinski definition) is 1. The molecule has 2 aliphatic rings. The molecular formula is C24H25N3O2. The Bertz CT molecular complexity index is 1160. The summed E-state index contributed by atoms with van der Waals surface area (Å²) >= 11 is 0. The first-order valence-electron chi connectivity index (χ1n) is 10.2. The highest BCUT2D eigenvalue weighted by atomic mass is 16.5. The minimum Gasteiger partial charge on any atom is -0.389 e. The van der Waals surface area contributed by atoms with Crippen molar-refractivity contribution in [2.45, 2.75) is 31.9 Å². The molecule has 0 radical (unpaired) electrons. The van der Waals surface area contributed by atoms with Crippen LogP contribution in [-0.4, -0.2) is 47.0 Å². The number of aromatic nitrogens is 1. The quantitative estimate of drug-likeness (QED) is 0.746. The lowest BCUT2D eigenvalue weighted by atomic mass is 9.97. The van der Waals surface area contributed by atoms with E-state index in [1.165, 1.54) is 21.9 Å². The second-order valence-electron chi connectivity index (χ2n) is 7.94. The third kappa shape index (κ3) is 3.52. The molecule has 2 aromatic carbocycles. The summed E-state index contributed by atoms with van der Waals surface area (Å²) in [5, 5.41) is 15.0. The van der Waals surface area contributed by atoms with Gasteiger partial charge in [-0.3, -0.25) is 9.98 Å². The summed E-state index contributed by atoms with van der Waals surface area (Å²) < 4.78 is 5.40. The molecule has 1 saturated heterocycles. The maximum Gasteiger partial charge on any atom is 0.110 e. The Hall–Kier alpha value is -2.76. The van der Waals surface area contributed by atoms with Gasteiger partial charge < -0.3 is 14.7 Å². The molecule has 0 spiro atoms. The van der Waals surface area contributed by atoms with E-state index in [0.29, 0.717) is 19.9 Å². The Morgan fingerprint density at radius 3 is 2.83 bits per heavy atom. The average molecular weight is 387 g/mol. The van der Waals surface area contributed by atoms with E-state index in [4.69, 9.17) is 9.73 Å². The van der Waals surface area contributed by atoms with Crippen molar-refractivity contribution in [1.82, 2.24) is 9.88 Å². The van der Waals surface area contributed by atoms with Gasteiger partial charge in [-0.25, -0.2) is 0 Å². The second-order valence-corrected chi connectivity index (χ2v) is 7.94. The Kier molecular flexibility index (Phi) is 4.78. The molecule has 1 aromatic heterocycles. The van der Waals surface area contributed by atoms with Crippen LogP contribution in [0, 0.1) is 6.92 Å². The van der Waals surface area contributed by atoms with Crippen LogP contribution in [-0.2, 0) is 11.2 Å². The molecule has 2 atom stereocenters. The molecule has 1 fully saturated rings. The molecular weight excluding hydrogens is 362 g/mol. The lowest BCUT2D eigenvalue weighted by molar-refractivity contribution is -0.0501. The molecule has 29 heavy (non-hydrogen) atoms. The van der Waals surface area contributed by atoms with Crippen molar-refractivity contribution in [2.75, 3.05) is 19.9 Å². The molecule has 5 nitrogen and oxygen atoms in total. The lowest BCUT2D eigenvalue weighted by Gasteiger charge is -2.36. The van der Waals surface area contributed by atoms with E-state index in [1.54, 1.807) is 0 Å². The smallest absolute Gasteiger partial charge is 0.110 e. The number of aliphatic hydroxyl groups excluding tert-OH is 1. The fraction of sp³-hybridized carbons (Fsp3) is 0.333. The van der Waals surface area contributed by atoms with Crippen LogP contribution in [0.1, 0.15) is 23.2 Å². The van der Waals surface area contributed by atoms with Gasteiger partial charge in [0.1, 0.15) is 6.67 Å². The molecule has 0 saturated carbocycles. The van der Waals surface area contributed by atoms with Gasteiger partial charge in [0.15, 0.2) is 0 Å². The lowest BCUT2D eigenvalue weighted by Crippen LogP contribution is -2.50. The summed E-state index contributed by atoms with van der Waals surface area (Å²) in [5.74, 6) is 0. The van der Waals surface area contributed by atoms with Gasteiger partial charge in [-0.05, 0) is 48.4 Å². The third-order valence-electron chi connectivity index (χ3n) is 5.91. The summed E-state index contributed by atoms with van der Waals surface area (Å²) in [4.78, 5) is 11.5. The highest BCUT2D eigenvalue weighted by molar-refractivity contribution is 5.86. The second kappa shape index (κ2) is 7.58. The van der Waals surface area contributed by atoms with Crippen LogP contribution < -0.4 is 10.6 Å². The van der Waals surface area contributed by atoms with Crippen molar-refractivity contribution in [3.8, 4) is 0 Å². The number of aliphatic hydroxyl groups is 1. The van der Waals surface area contributed by atoms with Crippen molar-refractivity contribution < 1.29 is 9.84 Å². The summed E-state index contributed by atoms with van der Waals surface area (Å²) in [6, 6.07) is 15.0. The van der Waals surface area contributed by atoms with Crippen LogP contribution in [0.25, 0.3) is 17.0 Å². The predicted molar refractivity (Wildman–Crippen MR) is 113 cm³/mol. The van der Waals surface area contributed by atoms with Gasteiger partial charge in [0.2, 0.25) is 0 Å². The largest absolute Gasteiger partial charge is 0.389 e. The maximum atomic E-state index is 10.4. The SMILES string of the molecule is Cc1ccc(Cc2cc3c(c4ccccc24)=NCN([C@H]2CCOC[C@@H]2O)C=3)cn1. The van der Waals surface area contributed by atoms with Gasteiger partial charge in [-0.15, -0.1) is 0 Å². The highest BCUT2D eigenvalue weighted by Crippen LogP contribution is 2.20. The van der Waals surface area contributed by atoms with Crippen LogP contribution in [0.4, 0.5) is 0 Å². The van der Waals surface area contributed by atoms with E-state index in [1.807, 2.05) is 13.1 Å². The summed E-state index contributed by atoms with van der Waals surface area (Å²) in [6.07, 6.45) is 5.30. The van der Waals surface area contributed by atoms with Gasteiger partial charge >= 0.3 is 0 Å². The summed E-state index contributed by atoms with van der Waals surface area (Å²) in [6.45, 7) is 3.65. The van der Waals surface area contributed by atoms with Crippen LogP contribution >= 0.6 is 0 Å². The van der Waals surface area contributed by atoms with E-state index < -0.39 is 6.10 Å². The van der Waals surface area contributed by atoms with Crippen LogP contribution in [0.5, 0.6) is 0 Å². The molecule has 5 heteroatoms. The number of benzene rings is 2. The number of aryl methyl sites for hydroxylation is 1. The number of ether oxygens (including phenoxy) is 1. The Labute approximate surface area is 170 Å². The van der Waals surface area contributed by atoms with Gasteiger partial charge in [0.05, 0.1) is 24.1 Å². The van der Waals surface area contributed by atoms with E-state index in [-0.39, 0.29) is 6.04 Å². The molecule has 0 aliphatic carbocycles. The van der Waals surface area contributed by atoms with E-state index in [0.717, 1.165) is 29.1 Å². The molecule has 148 valence electrons. The zero-order valence-corrected chi connectivity index (χ0v) is 16.6. The van der Waals surface area contributed by atoms with Gasteiger partial charge in [-0.2, -0.15) is 0 Å². The van der Waals surface area contributed by atoms with Crippen molar-refractivity contribution in [2.24, 2.45) is 4.99 Å². The Balaban J connectivity index is 1.60. The monoisotopic (exact) mass is 387 g/mol. The molecule has 1 N–H and O–H groups in total. The predicted octanol–water partition coefficient (Wildman–Crippen LogP) is 1.91. The third-order valence-corrected chi connectivity index (χ3v) is 5.91. The molecule has 0 amide bonds. The van der Waals surface area contributed by atoms with Gasteiger partial charge in [-0.1, -0.05) is 30.3 Å². The zero-order chi connectivity index (χ0) is 19.8. The fourth-order valence-corrected chi connectivity index (χ4v) is 4.37. The minimum atomic E-state index is -0.477. The first kappa shape index (κ1) is 18.3. The molecule has 3 heterocycles. The molecule has 3 aromatic rings. The number of pyridine rings is 1. The van der Waals surface area contributed by atoms with Crippen LogP contribution in [0.2, 0.25) is 0 Å². The number of rotatable bonds is 3. The average Bonchev–Trinajstić information content (AvgIpc) is 2.75.